The van der Waals surface area contributed by atoms with Gasteiger partial charge in [0.25, 0.3) is 0 Å². The number of aliphatic hydroxyl groups is 2. The predicted octanol–water partition coefficient (Wildman–Crippen LogP) is 0.725. The second-order valence-corrected chi connectivity index (χ2v) is 6.84. The van der Waals surface area contributed by atoms with Crippen molar-refractivity contribution >= 4 is 11.9 Å². The summed E-state index contributed by atoms with van der Waals surface area (Å²) in [5.41, 5.74) is -0.246. The van der Waals surface area contributed by atoms with Crippen molar-refractivity contribution in [3.63, 3.8) is 0 Å². The first kappa shape index (κ1) is 16.2. The minimum Gasteiger partial charge on any atom is -0.462 e. The Kier molecular flexibility index (Phi) is 3.84. The third-order valence-corrected chi connectivity index (χ3v) is 5.52. The number of rotatable bonds is 2. The van der Waals surface area contributed by atoms with Crippen LogP contribution in [-0.4, -0.2) is 46.6 Å². The van der Waals surface area contributed by atoms with E-state index in [1.807, 2.05) is 0 Å². The molecule has 2 N–H and O–H groups in total. The zero-order valence-corrected chi connectivity index (χ0v) is 13.2. The average molecular weight is 322 g/mol. The molecule has 23 heavy (non-hydrogen) atoms. The molecule has 2 saturated carbocycles. The van der Waals surface area contributed by atoms with Gasteiger partial charge < -0.3 is 19.7 Å². The molecule has 0 aromatic heterocycles. The third kappa shape index (κ3) is 2.40. The fraction of sp³-hybridized carbons (Fsp3) is 0.647. The van der Waals surface area contributed by atoms with E-state index in [2.05, 4.69) is 13.2 Å². The van der Waals surface area contributed by atoms with Crippen LogP contribution < -0.4 is 0 Å². The van der Waals surface area contributed by atoms with Crippen molar-refractivity contribution in [2.45, 2.75) is 44.0 Å². The molecule has 3 rings (SSSR count). The van der Waals surface area contributed by atoms with Gasteiger partial charge in [-0.25, -0.2) is 4.79 Å². The van der Waals surface area contributed by atoms with Crippen LogP contribution in [0.2, 0.25) is 0 Å². The summed E-state index contributed by atoms with van der Waals surface area (Å²) in [6.45, 7) is 8.86. The van der Waals surface area contributed by atoms with Crippen molar-refractivity contribution in [2.75, 3.05) is 6.61 Å². The maximum atomic E-state index is 12.3. The lowest BCUT2D eigenvalue weighted by Crippen LogP contribution is -2.47. The van der Waals surface area contributed by atoms with Crippen LogP contribution in [0.5, 0.6) is 0 Å². The van der Waals surface area contributed by atoms with Crippen LogP contribution in [0.3, 0.4) is 0 Å². The lowest BCUT2D eigenvalue weighted by atomic mass is 9.78. The third-order valence-electron chi connectivity index (χ3n) is 5.52. The number of allylic oxidation sites excluding steroid dienone is 1. The second-order valence-electron chi connectivity index (χ2n) is 6.84. The molecule has 6 nitrogen and oxygen atoms in total. The second kappa shape index (κ2) is 5.46. The molecule has 6 heteroatoms. The maximum absolute atomic E-state index is 12.3. The highest BCUT2D eigenvalue weighted by molar-refractivity contribution is 5.83. The van der Waals surface area contributed by atoms with E-state index in [0.29, 0.717) is 24.8 Å². The minimum absolute atomic E-state index is 0.00336. The topological polar surface area (TPSA) is 93.1 Å². The summed E-state index contributed by atoms with van der Waals surface area (Å²) in [5.74, 6) is -2.10. The zero-order chi connectivity index (χ0) is 16.9. The first-order chi connectivity index (χ1) is 10.8. The fourth-order valence-electron chi connectivity index (χ4n) is 4.24. The summed E-state index contributed by atoms with van der Waals surface area (Å²) in [6.07, 6.45) is 0.439. The highest BCUT2D eigenvalue weighted by Gasteiger charge is 2.62. The average Bonchev–Trinajstić information content (AvgIpc) is 2.85. The molecular formula is C17H22O6. The largest absolute Gasteiger partial charge is 0.462 e. The molecule has 0 unspecified atom stereocenters. The molecule has 0 aromatic carbocycles. The fourth-order valence-corrected chi connectivity index (χ4v) is 4.24. The van der Waals surface area contributed by atoms with E-state index in [0.717, 1.165) is 5.57 Å². The van der Waals surface area contributed by atoms with Gasteiger partial charge in [0.2, 0.25) is 5.60 Å². The predicted molar refractivity (Wildman–Crippen MR) is 80.1 cm³/mol. The Bertz CT molecular complexity index is 582. The number of aliphatic hydroxyl groups excluding tert-OH is 1. The van der Waals surface area contributed by atoms with E-state index in [1.165, 1.54) is 6.92 Å². The smallest absolute Gasteiger partial charge is 0.342 e. The summed E-state index contributed by atoms with van der Waals surface area (Å²) < 4.78 is 10.4. The van der Waals surface area contributed by atoms with Crippen molar-refractivity contribution in [2.24, 2.45) is 17.8 Å². The maximum Gasteiger partial charge on any atom is 0.342 e. The summed E-state index contributed by atoms with van der Waals surface area (Å²) in [4.78, 5) is 23.3. The molecule has 1 saturated heterocycles. The lowest BCUT2D eigenvalue weighted by Gasteiger charge is -2.29. The van der Waals surface area contributed by atoms with Gasteiger partial charge >= 0.3 is 11.9 Å². The monoisotopic (exact) mass is 322 g/mol. The molecule has 126 valence electrons. The first-order valence-corrected chi connectivity index (χ1v) is 7.87. The number of carbonyl (C=O) groups excluding carboxylic acids is 2. The van der Waals surface area contributed by atoms with Gasteiger partial charge in [-0.15, -0.1) is 0 Å². The Morgan fingerprint density at radius 1 is 1.48 bits per heavy atom. The quantitative estimate of drug-likeness (QED) is 0.575. The molecule has 1 aliphatic heterocycles. The molecule has 0 spiro atoms. The minimum atomic E-state index is -1.85. The van der Waals surface area contributed by atoms with Gasteiger partial charge in [0.15, 0.2) is 0 Å². The van der Waals surface area contributed by atoms with E-state index in [9.17, 15) is 19.8 Å². The van der Waals surface area contributed by atoms with E-state index in [-0.39, 0.29) is 11.8 Å². The number of fused-ring (bicyclic) bond motifs is 3. The molecule has 0 amide bonds. The van der Waals surface area contributed by atoms with Crippen LogP contribution in [-0.2, 0) is 19.1 Å². The normalized spacial score (nSPS) is 42.7. The molecule has 3 fully saturated rings. The molecule has 0 aromatic rings. The van der Waals surface area contributed by atoms with Gasteiger partial charge in [0.1, 0.15) is 12.7 Å². The highest BCUT2D eigenvalue weighted by atomic mass is 16.6. The number of ether oxygens (including phenoxy) is 2. The van der Waals surface area contributed by atoms with E-state index >= 15 is 0 Å². The lowest BCUT2D eigenvalue weighted by molar-refractivity contribution is -0.166. The van der Waals surface area contributed by atoms with Crippen LogP contribution in [0.25, 0.3) is 0 Å². The zero-order valence-electron chi connectivity index (χ0n) is 13.2. The van der Waals surface area contributed by atoms with E-state index in [1.54, 1.807) is 0 Å². The summed E-state index contributed by atoms with van der Waals surface area (Å²) in [7, 11) is 0. The Hall–Kier alpha value is -1.66. The van der Waals surface area contributed by atoms with Crippen LogP contribution in [0.1, 0.15) is 26.2 Å². The van der Waals surface area contributed by atoms with Gasteiger partial charge in [-0.1, -0.05) is 18.7 Å². The Labute approximate surface area is 134 Å². The molecule has 3 aliphatic rings. The molecule has 1 heterocycles. The van der Waals surface area contributed by atoms with E-state index in [4.69, 9.17) is 9.47 Å². The Morgan fingerprint density at radius 2 is 2.17 bits per heavy atom. The van der Waals surface area contributed by atoms with Crippen molar-refractivity contribution < 1.29 is 29.3 Å². The van der Waals surface area contributed by atoms with Gasteiger partial charge in [0, 0.05) is 18.8 Å². The number of hydrogen-bond acceptors (Lipinski definition) is 6. The Morgan fingerprint density at radius 3 is 2.83 bits per heavy atom. The number of carbonyl (C=O) groups is 2. The number of hydrogen-bond donors (Lipinski definition) is 2. The molecular weight excluding hydrogens is 300 g/mol. The molecule has 0 radical (unpaired) electrons. The van der Waals surface area contributed by atoms with E-state index < -0.39 is 42.3 Å². The standard InChI is InChI=1S/C17H22O6/c1-8-4-5-12-15(14-9(2)13(19)6-11(8)14)23-16(20)17(12,21)7-22-10(3)18/h11-15,19,21H,1-2,4-7H2,3H3/t11-,12+,13+,14+,15-,17-/m0/s1. The van der Waals surface area contributed by atoms with Crippen molar-refractivity contribution in [1.82, 2.24) is 0 Å². The van der Waals surface area contributed by atoms with Crippen LogP contribution in [0, 0.1) is 17.8 Å². The molecule has 0 bridgehead atoms. The number of esters is 2. The van der Waals surface area contributed by atoms with Gasteiger partial charge in [-0.05, 0) is 30.8 Å². The molecule has 2 aliphatic carbocycles. The van der Waals surface area contributed by atoms with Gasteiger partial charge in [0.05, 0.1) is 6.10 Å². The van der Waals surface area contributed by atoms with Gasteiger partial charge in [-0.2, -0.15) is 0 Å². The van der Waals surface area contributed by atoms with Crippen LogP contribution >= 0.6 is 0 Å². The summed E-state index contributed by atoms with van der Waals surface area (Å²) in [6, 6.07) is 0. The van der Waals surface area contributed by atoms with Crippen molar-refractivity contribution in [3.8, 4) is 0 Å². The van der Waals surface area contributed by atoms with Crippen molar-refractivity contribution in [1.29, 1.82) is 0 Å². The highest BCUT2D eigenvalue weighted by Crippen LogP contribution is 2.53. The van der Waals surface area contributed by atoms with Crippen LogP contribution in [0.4, 0.5) is 0 Å². The van der Waals surface area contributed by atoms with Crippen LogP contribution in [0.15, 0.2) is 24.3 Å². The summed E-state index contributed by atoms with van der Waals surface area (Å²) in [5, 5.41) is 20.9. The first-order valence-electron chi connectivity index (χ1n) is 7.87. The summed E-state index contributed by atoms with van der Waals surface area (Å²) >= 11 is 0. The molecule has 6 atom stereocenters. The Balaban J connectivity index is 1.93. The van der Waals surface area contributed by atoms with Crippen molar-refractivity contribution in [3.05, 3.63) is 24.3 Å². The SMILES string of the molecule is C=C1[C@H]2[C@H]3OC(=O)[C@](O)(COC(C)=O)[C@@H]3CCC(=C)[C@@H]2C[C@H]1O. The van der Waals surface area contributed by atoms with Gasteiger partial charge in [-0.3, -0.25) is 4.79 Å².